The first-order chi connectivity index (χ1) is 8.43. The van der Waals surface area contributed by atoms with Crippen molar-refractivity contribution in [3.05, 3.63) is 0 Å². The second kappa shape index (κ2) is 6.41. The van der Waals surface area contributed by atoms with Crippen LogP contribution in [0.5, 0.6) is 0 Å². The first-order valence-electron chi connectivity index (χ1n) is 7.06. The lowest BCUT2D eigenvalue weighted by Crippen LogP contribution is -2.42. The summed E-state index contributed by atoms with van der Waals surface area (Å²) in [5.41, 5.74) is 0.347. The van der Waals surface area contributed by atoms with E-state index in [0.717, 1.165) is 6.54 Å². The highest BCUT2D eigenvalue weighted by atomic mass is 16.3. The van der Waals surface area contributed by atoms with E-state index in [0.29, 0.717) is 18.4 Å². The quantitative estimate of drug-likeness (QED) is 0.624. The molecule has 0 unspecified atom stereocenters. The van der Waals surface area contributed by atoms with Crippen LogP contribution in [0.15, 0.2) is 0 Å². The van der Waals surface area contributed by atoms with Crippen LogP contribution in [-0.4, -0.2) is 30.8 Å². The van der Waals surface area contributed by atoms with Crippen LogP contribution in [0.4, 0.5) is 4.79 Å². The number of nitrogens with one attached hydrogen (secondary N) is 2. The van der Waals surface area contributed by atoms with Crippen LogP contribution in [0.25, 0.3) is 0 Å². The Morgan fingerprint density at radius 1 is 1.33 bits per heavy atom. The lowest BCUT2D eigenvalue weighted by atomic mass is 9.90. The Hall–Kier alpha value is -0.770. The van der Waals surface area contributed by atoms with Crippen LogP contribution < -0.4 is 10.6 Å². The van der Waals surface area contributed by atoms with Crippen molar-refractivity contribution in [2.45, 2.75) is 52.9 Å². The number of carbonyl (C=O) groups is 1. The molecule has 1 rings (SSSR count). The maximum atomic E-state index is 11.7. The number of hydrogen-bond acceptors (Lipinski definition) is 2. The standard InChI is InChI=1S/C14H28N2O2/c1-4-5-14(6-7-14)11-16-12(18)15-10-13(2,3)8-9-17/h17H,4-11H2,1-3H3,(H2,15,16,18). The summed E-state index contributed by atoms with van der Waals surface area (Å²) in [7, 11) is 0. The SMILES string of the molecule is CCCC1(CNC(=O)NCC(C)(C)CCO)CC1. The molecule has 4 heteroatoms. The fourth-order valence-electron chi connectivity index (χ4n) is 2.26. The molecular weight excluding hydrogens is 228 g/mol. The summed E-state index contributed by atoms with van der Waals surface area (Å²) in [6.07, 6.45) is 5.59. The van der Waals surface area contributed by atoms with E-state index < -0.39 is 0 Å². The average molecular weight is 256 g/mol. The molecule has 1 aliphatic rings. The third-order valence-corrected chi connectivity index (χ3v) is 3.88. The van der Waals surface area contributed by atoms with Crippen LogP contribution >= 0.6 is 0 Å². The van der Waals surface area contributed by atoms with Gasteiger partial charge in [0.15, 0.2) is 0 Å². The fraction of sp³-hybridized carbons (Fsp3) is 0.929. The number of aliphatic hydroxyl groups is 1. The topological polar surface area (TPSA) is 61.4 Å². The van der Waals surface area contributed by atoms with E-state index in [1.54, 1.807) is 0 Å². The second-order valence-electron chi connectivity index (χ2n) is 6.42. The highest BCUT2D eigenvalue weighted by molar-refractivity contribution is 5.73. The van der Waals surface area contributed by atoms with E-state index in [-0.39, 0.29) is 18.1 Å². The summed E-state index contributed by atoms with van der Waals surface area (Å²) in [5.74, 6) is 0. The Morgan fingerprint density at radius 3 is 2.50 bits per heavy atom. The molecule has 2 amide bonds. The molecule has 0 atom stereocenters. The molecule has 0 heterocycles. The maximum Gasteiger partial charge on any atom is 0.314 e. The molecule has 0 bridgehead atoms. The van der Waals surface area contributed by atoms with Gasteiger partial charge in [-0.15, -0.1) is 0 Å². The van der Waals surface area contributed by atoms with Crippen molar-refractivity contribution < 1.29 is 9.90 Å². The van der Waals surface area contributed by atoms with Gasteiger partial charge < -0.3 is 15.7 Å². The first kappa shape index (κ1) is 15.3. The van der Waals surface area contributed by atoms with Crippen LogP contribution in [0.1, 0.15) is 52.9 Å². The third-order valence-electron chi connectivity index (χ3n) is 3.88. The Kier molecular flexibility index (Phi) is 5.45. The minimum absolute atomic E-state index is 0.0488. The Morgan fingerprint density at radius 2 is 2.00 bits per heavy atom. The van der Waals surface area contributed by atoms with E-state index in [2.05, 4.69) is 17.6 Å². The average Bonchev–Trinajstić information content (AvgIpc) is 3.05. The Bertz CT molecular complexity index is 259. The smallest absolute Gasteiger partial charge is 0.314 e. The molecule has 1 fully saturated rings. The van der Waals surface area contributed by atoms with Gasteiger partial charge in [-0.3, -0.25) is 0 Å². The predicted molar refractivity (Wildman–Crippen MR) is 73.5 cm³/mol. The largest absolute Gasteiger partial charge is 0.396 e. The van der Waals surface area contributed by atoms with E-state index in [9.17, 15) is 4.79 Å². The molecule has 0 aromatic heterocycles. The summed E-state index contributed by atoms with van der Waals surface area (Å²) in [6, 6.07) is -0.0802. The van der Waals surface area contributed by atoms with Crippen molar-refractivity contribution in [1.29, 1.82) is 0 Å². The fourth-order valence-corrected chi connectivity index (χ4v) is 2.26. The van der Waals surface area contributed by atoms with Gasteiger partial charge in [-0.2, -0.15) is 0 Å². The van der Waals surface area contributed by atoms with Gasteiger partial charge >= 0.3 is 6.03 Å². The van der Waals surface area contributed by atoms with E-state index in [1.807, 2.05) is 13.8 Å². The minimum Gasteiger partial charge on any atom is -0.396 e. The number of amides is 2. The molecule has 0 aromatic rings. The monoisotopic (exact) mass is 256 g/mol. The zero-order valence-electron chi connectivity index (χ0n) is 12.0. The number of urea groups is 1. The third kappa shape index (κ3) is 5.25. The predicted octanol–water partition coefficient (Wildman–Crippen LogP) is 2.27. The lowest BCUT2D eigenvalue weighted by Gasteiger charge is -2.24. The van der Waals surface area contributed by atoms with Crippen molar-refractivity contribution in [3.8, 4) is 0 Å². The molecule has 18 heavy (non-hydrogen) atoms. The highest BCUT2D eigenvalue weighted by Crippen LogP contribution is 2.48. The Labute approximate surface area is 111 Å². The summed E-state index contributed by atoms with van der Waals surface area (Å²) in [6.45, 7) is 7.84. The zero-order valence-corrected chi connectivity index (χ0v) is 12.0. The summed E-state index contributed by atoms with van der Waals surface area (Å²) in [5, 5.41) is 14.8. The number of hydrogen-bond donors (Lipinski definition) is 3. The van der Waals surface area contributed by atoms with Crippen molar-refractivity contribution in [1.82, 2.24) is 10.6 Å². The number of aliphatic hydroxyl groups excluding tert-OH is 1. The number of carbonyl (C=O) groups excluding carboxylic acids is 1. The summed E-state index contributed by atoms with van der Waals surface area (Å²) < 4.78 is 0. The summed E-state index contributed by atoms with van der Waals surface area (Å²) >= 11 is 0. The van der Waals surface area contributed by atoms with Gasteiger partial charge in [0, 0.05) is 19.7 Å². The molecular formula is C14H28N2O2. The summed E-state index contributed by atoms with van der Waals surface area (Å²) in [4.78, 5) is 11.7. The molecule has 1 aliphatic carbocycles. The van der Waals surface area contributed by atoms with Gasteiger partial charge in [0.05, 0.1) is 0 Å². The van der Waals surface area contributed by atoms with Crippen LogP contribution in [0, 0.1) is 10.8 Å². The highest BCUT2D eigenvalue weighted by Gasteiger charge is 2.41. The van der Waals surface area contributed by atoms with Crippen LogP contribution in [-0.2, 0) is 0 Å². The van der Waals surface area contributed by atoms with Crippen molar-refractivity contribution in [3.63, 3.8) is 0 Å². The van der Waals surface area contributed by atoms with E-state index in [1.165, 1.54) is 25.7 Å². The van der Waals surface area contributed by atoms with Gasteiger partial charge in [0.1, 0.15) is 0 Å². The van der Waals surface area contributed by atoms with Gasteiger partial charge in [-0.25, -0.2) is 4.79 Å². The number of rotatable bonds is 8. The van der Waals surface area contributed by atoms with Crippen LogP contribution in [0.3, 0.4) is 0 Å². The van der Waals surface area contributed by atoms with Crippen molar-refractivity contribution >= 4 is 6.03 Å². The minimum atomic E-state index is -0.0802. The molecule has 4 nitrogen and oxygen atoms in total. The second-order valence-corrected chi connectivity index (χ2v) is 6.42. The van der Waals surface area contributed by atoms with Crippen molar-refractivity contribution in [2.24, 2.45) is 10.8 Å². The first-order valence-corrected chi connectivity index (χ1v) is 7.06. The van der Waals surface area contributed by atoms with E-state index >= 15 is 0 Å². The molecule has 0 spiro atoms. The molecule has 1 saturated carbocycles. The van der Waals surface area contributed by atoms with Gasteiger partial charge in [0.25, 0.3) is 0 Å². The van der Waals surface area contributed by atoms with Crippen molar-refractivity contribution in [2.75, 3.05) is 19.7 Å². The van der Waals surface area contributed by atoms with Gasteiger partial charge in [-0.05, 0) is 36.5 Å². The molecule has 0 aliphatic heterocycles. The van der Waals surface area contributed by atoms with Crippen LogP contribution in [0.2, 0.25) is 0 Å². The van der Waals surface area contributed by atoms with E-state index in [4.69, 9.17) is 5.11 Å². The van der Waals surface area contributed by atoms with Gasteiger partial charge in [-0.1, -0.05) is 27.2 Å². The molecule has 0 saturated heterocycles. The Balaban J connectivity index is 2.18. The van der Waals surface area contributed by atoms with Gasteiger partial charge in [0.2, 0.25) is 0 Å². The molecule has 0 radical (unpaired) electrons. The molecule has 0 aromatic carbocycles. The molecule has 106 valence electrons. The zero-order chi connectivity index (χ0) is 13.6. The normalized spacial score (nSPS) is 17.3. The molecule has 3 N–H and O–H groups in total. The lowest BCUT2D eigenvalue weighted by molar-refractivity contribution is 0.200. The maximum absolute atomic E-state index is 11.7.